The molecule has 0 bridgehead atoms. The Morgan fingerprint density at radius 3 is 2.40 bits per heavy atom. The molecule has 0 radical (unpaired) electrons. The lowest BCUT2D eigenvalue weighted by atomic mass is 10.1. The smallest absolute Gasteiger partial charge is 0.258 e. The van der Waals surface area contributed by atoms with Crippen molar-refractivity contribution < 1.29 is 9.59 Å². The highest BCUT2D eigenvalue weighted by Gasteiger charge is 2.16. The Kier molecular flexibility index (Phi) is 7.60. The summed E-state index contributed by atoms with van der Waals surface area (Å²) in [4.78, 5) is 30.5. The van der Waals surface area contributed by atoms with Crippen LogP contribution in [0, 0.1) is 11.3 Å². The van der Waals surface area contributed by atoms with Crippen LogP contribution in [0.25, 0.3) is 11.3 Å². The average molecular weight is 499 g/mol. The van der Waals surface area contributed by atoms with Crippen molar-refractivity contribution in [3.63, 3.8) is 0 Å². The van der Waals surface area contributed by atoms with Crippen molar-refractivity contribution in [2.75, 3.05) is 5.32 Å². The van der Waals surface area contributed by atoms with Gasteiger partial charge < -0.3 is 5.32 Å². The molecule has 1 heterocycles. The molecule has 0 aliphatic heterocycles. The zero-order valence-corrected chi connectivity index (χ0v) is 20.7. The van der Waals surface area contributed by atoms with Gasteiger partial charge >= 0.3 is 0 Å². The monoisotopic (exact) mass is 498 g/mol. The van der Waals surface area contributed by atoms with Gasteiger partial charge in [0, 0.05) is 27.7 Å². The van der Waals surface area contributed by atoms with Gasteiger partial charge in [-0.15, -0.1) is 11.3 Å². The van der Waals surface area contributed by atoms with E-state index in [-0.39, 0.29) is 17.9 Å². The van der Waals surface area contributed by atoms with Gasteiger partial charge in [-0.25, -0.2) is 4.98 Å². The standard InChI is InChI=1S/C27H22N4O2S2/c1-17(29-18(2)32)19-11-13-20(14-12-19)23-16-34-27(30-23)31-26(33)22-8-4-6-10-25(22)35-24-9-5-3-7-21(24)15-28/h3-14,16-17H,1-2H3,(H,29,32)(H,30,31,33). The normalized spacial score (nSPS) is 11.3. The third-order valence-corrected chi connectivity index (χ3v) is 7.12. The van der Waals surface area contributed by atoms with Crippen LogP contribution >= 0.6 is 23.1 Å². The summed E-state index contributed by atoms with van der Waals surface area (Å²) in [5, 5.41) is 17.5. The lowest BCUT2D eigenvalue weighted by molar-refractivity contribution is -0.119. The number of nitrogens with zero attached hydrogens (tertiary/aromatic N) is 2. The molecule has 2 N–H and O–H groups in total. The maximum absolute atomic E-state index is 13.1. The molecule has 35 heavy (non-hydrogen) atoms. The number of nitriles is 1. The molecule has 1 unspecified atom stereocenters. The van der Waals surface area contributed by atoms with Crippen LogP contribution in [0.4, 0.5) is 5.13 Å². The van der Waals surface area contributed by atoms with Crippen molar-refractivity contribution in [1.29, 1.82) is 5.26 Å². The zero-order valence-electron chi connectivity index (χ0n) is 19.1. The highest BCUT2D eigenvalue weighted by atomic mass is 32.2. The predicted molar refractivity (Wildman–Crippen MR) is 139 cm³/mol. The van der Waals surface area contributed by atoms with Gasteiger partial charge in [0.05, 0.1) is 22.9 Å². The maximum atomic E-state index is 13.1. The highest BCUT2D eigenvalue weighted by molar-refractivity contribution is 7.99. The summed E-state index contributed by atoms with van der Waals surface area (Å²) in [6, 6.07) is 24.6. The highest BCUT2D eigenvalue weighted by Crippen LogP contribution is 2.33. The molecule has 1 atom stereocenters. The van der Waals surface area contributed by atoms with Gasteiger partial charge in [0.25, 0.3) is 5.91 Å². The summed E-state index contributed by atoms with van der Waals surface area (Å²) < 4.78 is 0. The SMILES string of the molecule is CC(=O)NC(C)c1ccc(-c2csc(NC(=O)c3ccccc3Sc3ccccc3C#N)n2)cc1. The summed E-state index contributed by atoms with van der Waals surface area (Å²) in [6.07, 6.45) is 0. The molecular weight excluding hydrogens is 476 g/mol. The topological polar surface area (TPSA) is 94.9 Å². The van der Waals surface area contributed by atoms with E-state index in [4.69, 9.17) is 0 Å². The molecule has 3 aromatic carbocycles. The number of benzene rings is 3. The van der Waals surface area contributed by atoms with Crippen LogP contribution in [-0.4, -0.2) is 16.8 Å². The number of amides is 2. The molecule has 1 aromatic heterocycles. The van der Waals surface area contributed by atoms with E-state index in [0.29, 0.717) is 16.3 Å². The molecule has 2 amide bonds. The first-order chi connectivity index (χ1) is 16.9. The van der Waals surface area contributed by atoms with Crippen molar-refractivity contribution in [3.05, 3.63) is 94.9 Å². The number of carbonyl (C=O) groups is 2. The largest absolute Gasteiger partial charge is 0.350 e. The number of carbonyl (C=O) groups excluding carboxylic acids is 2. The molecule has 0 fully saturated rings. The third-order valence-electron chi connectivity index (χ3n) is 5.21. The summed E-state index contributed by atoms with van der Waals surface area (Å²) in [5.74, 6) is -0.335. The minimum Gasteiger partial charge on any atom is -0.350 e. The Labute approximate surface area is 212 Å². The number of aromatic nitrogens is 1. The Balaban J connectivity index is 1.48. The number of hydrogen-bond acceptors (Lipinski definition) is 6. The molecule has 4 rings (SSSR count). The van der Waals surface area contributed by atoms with Crippen LogP contribution in [0.3, 0.4) is 0 Å². The first kappa shape index (κ1) is 24.2. The average Bonchev–Trinajstić information content (AvgIpc) is 3.33. The second kappa shape index (κ2) is 11.0. The van der Waals surface area contributed by atoms with Crippen molar-refractivity contribution in [1.82, 2.24) is 10.3 Å². The molecule has 8 heteroatoms. The fraction of sp³-hybridized carbons (Fsp3) is 0.111. The predicted octanol–water partition coefficient (Wildman–Crippen LogP) is 6.28. The van der Waals surface area contributed by atoms with Crippen LogP contribution in [0.1, 0.15) is 41.4 Å². The number of rotatable bonds is 7. The van der Waals surface area contributed by atoms with Crippen LogP contribution < -0.4 is 10.6 Å². The Morgan fingerprint density at radius 2 is 1.69 bits per heavy atom. The van der Waals surface area contributed by atoms with Crippen molar-refractivity contribution in [3.8, 4) is 17.3 Å². The molecule has 0 saturated heterocycles. The number of hydrogen-bond donors (Lipinski definition) is 2. The lowest BCUT2D eigenvalue weighted by Crippen LogP contribution is -2.23. The minimum absolute atomic E-state index is 0.0734. The second-order valence-corrected chi connectivity index (χ2v) is 9.68. The zero-order chi connectivity index (χ0) is 24.8. The van der Waals surface area contributed by atoms with Gasteiger partial charge in [-0.3, -0.25) is 14.9 Å². The number of anilines is 1. The van der Waals surface area contributed by atoms with E-state index < -0.39 is 0 Å². The van der Waals surface area contributed by atoms with Crippen molar-refractivity contribution in [2.24, 2.45) is 0 Å². The van der Waals surface area contributed by atoms with Crippen LogP contribution in [0.15, 0.2) is 88.0 Å². The molecule has 0 saturated carbocycles. The molecule has 0 aliphatic carbocycles. The quantitative estimate of drug-likeness (QED) is 0.313. The van der Waals surface area contributed by atoms with Crippen molar-refractivity contribution >= 4 is 40.0 Å². The van der Waals surface area contributed by atoms with Crippen LogP contribution in [0.2, 0.25) is 0 Å². The van der Waals surface area contributed by atoms with E-state index in [1.807, 2.05) is 73.0 Å². The van der Waals surface area contributed by atoms with Gasteiger partial charge in [0.1, 0.15) is 6.07 Å². The molecule has 174 valence electrons. The molecule has 4 aromatic rings. The number of nitrogens with one attached hydrogen (secondary N) is 2. The summed E-state index contributed by atoms with van der Waals surface area (Å²) >= 11 is 2.74. The van der Waals surface area contributed by atoms with Gasteiger partial charge in [0.2, 0.25) is 5.91 Å². The molecule has 6 nitrogen and oxygen atoms in total. The fourth-order valence-corrected chi connectivity index (χ4v) is 5.21. The minimum atomic E-state index is -0.261. The maximum Gasteiger partial charge on any atom is 0.258 e. The fourth-order valence-electron chi connectivity index (χ4n) is 3.47. The summed E-state index contributed by atoms with van der Waals surface area (Å²) in [7, 11) is 0. The molecular formula is C27H22N4O2S2. The van der Waals surface area contributed by atoms with E-state index in [0.717, 1.165) is 26.6 Å². The number of thiazole rings is 1. The van der Waals surface area contributed by atoms with E-state index in [9.17, 15) is 14.9 Å². The van der Waals surface area contributed by atoms with Crippen LogP contribution in [0.5, 0.6) is 0 Å². The Bertz CT molecular complexity index is 1410. The summed E-state index contributed by atoms with van der Waals surface area (Å²) in [5.41, 5.74) is 3.76. The van der Waals surface area contributed by atoms with E-state index in [1.54, 1.807) is 12.1 Å². The second-order valence-electron chi connectivity index (χ2n) is 7.74. The van der Waals surface area contributed by atoms with Gasteiger partial charge in [0.15, 0.2) is 5.13 Å². The van der Waals surface area contributed by atoms with Gasteiger partial charge in [-0.05, 0) is 36.8 Å². The van der Waals surface area contributed by atoms with Crippen molar-refractivity contribution in [2.45, 2.75) is 29.7 Å². The summed E-state index contributed by atoms with van der Waals surface area (Å²) in [6.45, 7) is 3.43. The van der Waals surface area contributed by atoms with Gasteiger partial charge in [-0.2, -0.15) is 5.26 Å². The van der Waals surface area contributed by atoms with E-state index in [2.05, 4.69) is 21.7 Å². The van der Waals surface area contributed by atoms with E-state index >= 15 is 0 Å². The van der Waals surface area contributed by atoms with E-state index in [1.165, 1.54) is 30.0 Å². The first-order valence-corrected chi connectivity index (χ1v) is 12.5. The molecule has 0 spiro atoms. The van der Waals surface area contributed by atoms with Crippen LogP contribution in [-0.2, 0) is 4.79 Å². The Morgan fingerprint density at radius 1 is 1.00 bits per heavy atom. The third kappa shape index (κ3) is 5.96. The van der Waals surface area contributed by atoms with Gasteiger partial charge in [-0.1, -0.05) is 60.3 Å². The Hall–Kier alpha value is -3.93. The molecule has 0 aliphatic rings. The lowest BCUT2D eigenvalue weighted by Gasteiger charge is -2.13. The first-order valence-electron chi connectivity index (χ1n) is 10.8.